The van der Waals surface area contributed by atoms with Crippen LogP contribution in [-0.4, -0.2) is 4.57 Å². The lowest BCUT2D eigenvalue weighted by atomic mass is 10.2. The summed E-state index contributed by atoms with van der Waals surface area (Å²) >= 11 is 0. The van der Waals surface area contributed by atoms with Gasteiger partial charge in [0.15, 0.2) is 0 Å². The van der Waals surface area contributed by atoms with Crippen LogP contribution in [-0.2, 0) is 6.54 Å². The highest BCUT2D eigenvalue weighted by Crippen LogP contribution is 2.16. The molecule has 2 heteroatoms. The molecule has 1 aromatic heterocycles. The molecule has 2 rings (SSSR count). The molecule has 0 aliphatic rings. The fourth-order valence-corrected chi connectivity index (χ4v) is 1.53. The number of nitrogens with zero attached hydrogens (tertiary/aromatic N) is 2. The number of hydrogen-bond donors (Lipinski definition) is 0. The standard InChI is InChI=1S/C11H10N2/c1-9-2-3-11-10(8-9)4-6-13(11)7-5-12/h2-4,6,8H,7H2,1H3. The van der Waals surface area contributed by atoms with Gasteiger partial charge in [-0.25, -0.2) is 0 Å². The third-order valence-electron chi connectivity index (χ3n) is 2.17. The molecular formula is C11H10N2. The maximum atomic E-state index is 8.58. The lowest BCUT2D eigenvalue weighted by Gasteiger charge is -1.98. The molecule has 0 atom stereocenters. The van der Waals surface area contributed by atoms with Gasteiger partial charge >= 0.3 is 0 Å². The first kappa shape index (κ1) is 7.88. The molecular weight excluding hydrogens is 160 g/mol. The van der Waals surface area contributed by atoms with Crippen LogP contribution in [0.25, 0.3) is 10.9 Å². The van der Waals surface area contributed by atoms with Crippen molar-refractivity contribution in [3.8, 4) is 6.07 Å². The van der Waals surface area contributed by atoms with Gasteiger partial charge in [-0.2, -0.15) is 5.26 Å². The first-order valence-corrected chi connectivity index (χ1v) is 4.24. The molecule has 0 spiro atoms. The van der Waals surface area contributed by atoms with Gasteiger partial charge in [0.05, 0.1) is 6.07 Å². The van der Waals surface area contributed by atoms with Crippen LogP contribution < -0.4 is 0 Å². The van der Waals surface area contributed by atoms with Crippen LogP contribution in [0.5, 0.6) is 0 Å². The quantitative estimate of drug-likeness (QED) is 0.646. The molecule has 0 radical (unpaired) electrons. The van der Waals surface area contributed by atoms with Crippen LogP contribution >= 0.6 is 0 Å². The minimum atomic E-state index is 0.423. The number of hydrogen-bond acceptors (Lipinski definition) is 1. The fourth-order valence-electron chi connectivity index (χ4n) is 1.53. The Hall–Kier alpha value is -1.75. The van der Waals surface area contributed by atoms with Gasteiger partial charge in [-0.1, -0.05) is 11.6 Å². The Balaban J connectivity index is 2.63. The summed E-state index contributed by atoms with van der Waals surface area (Å²) in [6.07, 6.45) is 1.95. The van der Waals surface area contributed by atoms with E-state index in [-0.39, 0.29) is 0 Å². The molecule has 0 bridgehead atoms. The molecule has 1 aromatic carbocycles. The number of fused-ring (bicyclic) bond motifs is 1. The first-order chi connectivity index (χ1) is 6.31. The van der Waals surface area contributed by atoms with Crippen molar-refractivity contribution in [2.24, 2.45) is 0 Å². The third kappa shape index (κ3) is 1.29. The summed E-state index contributed by atoms with van der Waals surface area (Å²) < 4.78 is 1.95. The van der Waals surface area contributed by atoms with Crippen LogP contribution in [0.4, 0.5) is 0 Å². The van der Waals surface area contributed by atoms with E-state index in [1.165, 1.54) is 10.9 Å². The van der Waals surface area contributed by atoms with E-state index < -0.39 is 0 Å². The SMILES string of the molecule is Cc1ccc2c(ccn2CC#N)c1. The Bertz CT molecular complexity index is 474. The van der Waals surface area contributed by atoms with E-state index in [9.17, 15) is 0 Å². The predicted octanol–water partition coefficient (Wildman–Crippen LogP) is 2.47. The predicted molar refractivity (Wildman–Crippen MR) is 52.3 cm³/mol. The first-order valence-electron chi connectivity index (χ1n) is 4.24. The highest BCUT2D eigenvalue weighted by atomic mass is 14.9. The summed E-state index contributed by atoms with van der Waals surface area (Å²) in [6, 6.07) is 10.4. The zero-order valence-corrected chi connectivity index (χ0v) is 7.49. The second kappa shape index (κ2) is 2.95. The summed E-state index contributed by atoms with van der Waals surface area (Å²) in [5, 5.41) is 9.79. The minimum absolute atomic E-state index is 0.423. The van der Waals surface area contributed by atoms with E-state index >= 15 is 0 Å². The van der Waals surface area contributed by atoms with Gasteiger partial charge in [0, 0.05) is 11.7 Å². The second-order valence-corrected chi connectivity index (χ2v) is 3.16. The number of aromatic nitrogens is 1. The molecule has 0 saturated carbocycles. The molecule has 2 aromatic rings. The molecule has 0 fully saturated rings. The third-order valence-corrected chi connectivity index (χ3v) is 2.17. The monoisotopic (exact) mass is 170 g/mol. The molecule has 0 N–H and O–H groups in total. The lowest BCUT2D eigenvalue weighted by molar-refractivity contribution is 0.874. The molecule has 64 valence electrons. The molecule has 0 amide bonds. The maximum Gasteiger partial charge on any atom is 0.110 e. The topological polar surface area (TPSA) is 28.7 Å². The second-order valence-electron chi connectivity index (χ2n) is 3.16. The lowest BCUT2D eigenvalue weighted by Crippen LogP contribution is -1.91. The van der Waals surface area contributed by atoms with E-state index in [0.29, 0.717) is 6.54 Å². The minimum Gasteiger partial charge on any atom is -0.334 e. The average molecular weight is 170 g/mol. The summed E-state index contributed by atoms with van der Waals surface area (Å²) in [7, 11) is 0. The van der Waals surface area contributed by atoms with Gasteiger partial charge in [-0.3, -0.25) is 0 Å². The molecule has 13 heavy (non-hydrogen) atoms. The summed E-state index contributed by atoms with van der Waals surface area (Å²) in [4.78, 5) is 0. The number of nitriles is 1. The molecule has 0 unspecified atom stereocenters. The Labute approximate surface area is 77.0 Å². The van der Waals surface area contributed by atoms with Gasteiger partial charge in [0.2, 0.25) is 0 Å². The maximum absolute atomic E-state index is 8.58. The van der Waals surface area contributed by atoms with Gasteiger partial charge < -0.3 is 4.57 Å². The van der Waals surface area contributed by atoms with Crippen molar-refractivity contribution in [3.05, 3.63) is 36.0 Å². The largest absolute Gasteiger partial charge is 0.334 e. The average Bonchev–Trinajstić information content (AvgIpc) is 2.49. The van der Waals surface area contributed by atoms with Crippen LogP contribution in [0.15, 0.2) is 30.5 Å². The van der Waals surface area contributed by atoms with E-state index in [4.69, 9.17) is 5.26 Å². The van der Waals surface area contributed by atoms with Crippen LogP contribution in [0.1, 0.15) is 5.56 Å². The number of benzene rings is 1. The van der Waals surface area contributed by atoms with Gasteiger partial charge in [-0.15, -0.1) is 0 Å². The van der Waals surface area contributed by atoms with Crippen molar-refractivity contribution in [1.82, 2.24) is 4.57 Å². The van der Waals surface area contributed by atoms with E-state index in [1.54, 1.807) is 0 Å². The van der Waals surface area contributed by atoms with Gasteiger partial charge in [-0.05, 0) is 30.5 Å². The van der Waals surface area contributed by atoms with Crippen molar-refractivity contribution >= 4 is 10.9 Å². The molecule has 0 saturated heterocycles. The number of rotatable bonds is 1. The molecule has 1 heterocycles. The summed E-state index contributed by atoms with van der Waals surface area (Å²) in [6.45, 7) is 2.49. The van der Waals surface area contributed by atoms with Crippen molar-refractivity contribution in [3.63, 3.8) is 0 Å². The van der Waals surface area contributed by atoms with Crippen molar-refractivity contribution in [1.29, 1.82) is 5.26 Å². The normalized spacial score (nSPS) is 10.2. The smallest absolute Gasteiger partial charge is 0.110 e. The van der Waals surface area contributed by atoms with Crippen molar-refractivity contribution in [2.45, 2.75) is 13.5 Å². The molecule has 2 nitrogen and oxygen atoms in total. The van der Waals surface area contributed by atoms with E-state index in [2.05, 4.69) is 31.2 Å². The molecule has 0 aliphatic heterocycles. The zero-order chi connectivity index (χ0) is 9.26. The van der Waals surface area contributed by atoms with Gasteiger partial charge in [0.25, 0.3) is 0 Å². The summed E-state index contributed by atoms with van der Waals surface area (Å²) in [5.41, 5.74) is 2.38. The van der Waals surface area contributed by atoms with Crippen molar-refractivity contribution in [2.75, 3.05) is 0 Å². The Morgan fingerprint density at radius 3 is 3.00 bits per heavy atom. The van der Waals surface area contributed by atoms with Crippen LogP contribution in [0.3, 0.4) is 0 Å². The fraction of sp³-hybridized carbons (Fsp3) is 0.182. The highest BCUT2D eigenvalue weighted by Gasteiger charge is 1.99. The highest BCUT2D eigenvalue weighted by molar-refractivity contribution is 5.80. The van der Waals surface area contributed by atoms with Crippen molar-refractivity contribution < 1.29 is 0 Å². The Kier molecular flexibility index (Phi) is 1.79. The van der Waals surface area contributed by atoms with Gasteiger partial charge in [0.1, 0.15) is 6.54 Å². The van der Waals surface area contributed by atoms with E-state index in [0.717, 1.165) is 5.52 Å². The Morgan fingerprint density at radius 1 is 1.38 bits per heavy atom. The number of aryl methyl sites for hydroxylation is 1. The van der Waals surface area contributed by atoms with Crippen LogP contribution in [0.2, 0.25) is 0 Å². The van der Waals surface area contributed by atoms with Crippen LogP contribution in [0, 0.1) is 18.3 Å². The molecule has 0 aliphatic carbocycles. The Morgan fingerprint density at radius 2 is 2.23 bits per heavy atom. The van der Waals surface area contributed by atoms with E-state index in [1.807, 2.05) is 16.8 Å². The summed E-state index contributed by atoms with van der Waals surface area (Å²) in [5.74, 6) is 0. The zero-order valence-electron chi connectivity index (χ0n) is 7.49.